The van der Waals surface area contributed by atoms with E-state index in [2.05, 4.69) is 5.32 Å². The van der Waals surface area contributed by atoms with Gasteiger partial charge in [-0.15, -0.1) is 0 Å². The maximum Gasteiger partial charge on any atom is 0.220 e. The monoisotopic (exact) mass is 227 g/mol. The van der Waals surface area contributed by atoms with Crippen molar-refractivity contribution in [3.8, 4) is 0 Å². The van der Waals surface area contributed by atoms with Crippen LogP contribution in [-0.2, 0) is 4.79 Å². The van der Waals surface area contributed by atoms with Crippen LogP contribution in [0.25, 0.3) is 0 Å². The van der Waals surface area contributed by atoms with Gasteiger partial charge < -0.3 is 10.4 Å². The first kappa shape index (κ1) is 13.5. The van der Waals surface area contributed by atoms with E-state index in [9.17, 15) is 4.79 Å². The van der Waals surface area contributed by atoms with Crippen LogP contribution in [0, 0.1) is 5.92 Å². The van der Waals surface area contributed by atoms with Gasteiger partial charge in [-0.2, -0.15) is 0 Å². The van der Waals surface area contributed by atoms with Crippen molar-refractivity contribution >= 4 is 5.91 Å². The van der Waals surface area contributed by atoms with Gasteiger partial charge in [0.1, 0.15) is 0 Å². The molecule has 16 heavy (non-hydrogen) atoms. The molecular weight excluding hydrogens is 202 g/mol. The van der Waals surface area contributed by atoms with E-state index in [4.69, 9.17) is 5.11 Å². The highest BCUT2D eigenvalue weighted by Gasteiger charge is 2.15. The summed E-state index contributed by atoms with van der Waals surface area (Å²) in [5.74, 6) is 0.861. The molecule has 1 aliphatic carbocycles. The summed E-state index contributed by atoms with van der Waals surface area (Å²) >= 11 is 0. The summed E-state index contributed by atoms with van der Waals surface area (Å²) in [6, 6.07) is -0.0566. The lowest BCUT2D eigenvalue weighted by molar-refractivity contribution is -0.122. The fraction of sp³-hybridized carbons (Fsp3) is 0.923. The molecule has 0 aliphatic heterocycles. The number of carbonyl (C=O) groups excluding carboxylic acids is 1. The SMILES string of the molecule is CC[C@@H](CO)NC(=O)CCC1CCCCC1. The molecule has 0 aromatic carbocycles. The number of amides is 1. The number of aliphatic hydroxyl groups is 1. The van der Waals surface area contributed by atoms with E-state index in [1.165, 1.54) is 32.1 Å². The first-order valence-electron chi connectivity index (χ1n) is 6.66. The van der Waals surface area contributed by atoms with E-state index in [1.807, 2.05) is 6.92 Å². The molecule has 1 rings (SSSR count). The molecule has 3 heteroatoms. The Labute approximate surface area is 98.6 Å². The average Bonchev–Trinajstić information content (AvgIpc) is 2.34. The maximum absolute atomic E-state index is 11.6. The number of hydrogen-bond donors (Lipinski definition) is 2. The second-order valence-electron chi connectivity index (χ2n) is 4.90. The highest BCUT2D eigenvalue weighted by atomic mass is 16.3. The van der Waals surface area contributed by atoms with Gasteiger partial charge in [0.2, 0.25) is 5.91 Å². The van der Waals surface area contributed by atoms with Gasteiger partial charge >= 0.3 is 0 Å². The summed E-state index contributed by atoms with van der Waals surface area (Å²) in [7, 11) is 0. The van der Waals surface area contributed by atoms with E-state index in [0.717, 1.165) is 18.8 Å². The van der Waals surface area contributed by atoms with E-state index in [-0.39, 0.29) is 18.6 Å². The van der Waals surface area contributed by atoms with Crippen LogP contribution in [-0.4, -0.2) is 23.7 Å². The highest BCUT2D eigenvalue weighted by molar-refractivity contribution is 5.76. The Hall–Kier alpha value is -0.570. The van der Waals surface area contributed by atoms with Crippen molar-refractivity contribution < 1.29 is 9.90 Å². The Kier molecular flexibility index (Phi) is 6.46. The van der Waals surface area contributed by atoms with Crippen LogP contribution in [0.4, 0.5) is 0 Å². The van der Waals surface area contributed by atoms with Gasteiger partial charge in [0.15, 0.2) is 0 Å². The van der Waals surface area contributed by atoms with Crippen LogP contribution >= 0.6 is 0 Å². The largest absolute Gasteiger partial charge is 0.394 e. The zero-order chi connectivity index (χ0) is 11.8. The number of nitrogens with one attached hydrogen (secondary N) is 1. The second kappa shape index (κ2) is 7.66. The molecule has 1 saturated carbocycles. The minimum atomic E-state index is -0.0566. The molecule has 1 aliphatic rings. The molecule has 0 heterocycles. The van der Waals surface area contributed by atoms with Crippen molar-refractivity contribution in [1.82, 2.24) is 5.32 Å². The Morgan fingerprint density at radius 2 is 2.06 bits per heavy atom. The van der Waals surface area contributed by atoms with Gasteiger partial charge in [0, 0.05) is 6.42 Å². The summed E-state index contributed by atoms with van der Waals surface area (Å²) in [6.07, 6.45) is 9.07. The Bertz CT molecular complexity index is 196. The van der Waals surface area contributed by atoms with Crippen molar-refractivity contribution in [3.05, 3.63) is 0 Å². The lowest BCUT2D eigenvalue weighted by Crippen LogP contribution is -2.37. The first-order chi connectivity index (χ1) is 7.76. The fourth-order valence-corrected chi connectivity index (χ4v) is 2.39. The van der Waals surface area contributed by atoms with E-state index >= 15 is 0 Å². The van der Waals surface area contributed by atoms with Crippen molar-refractivity contribution in [2.45, 2.75) is 64.3 Å². The molecule has 0 unspecified atom stereocenters. The van der Waals surface area contributed by atoms with Gasteiger partial charge in [-0.25, -0.2) is 0 Å². The quantitative estimate of drug-likeness (QED) is 0.731. The van der Waals surface area contributed by atoms with Gasteiger partial charge in [0.25, 0.3) is 0 Å². The molecular formula is C13H25NO2. The third-order valence-electron chi connectivity index (χ3n) is 3.58. The molecule has 2 N–H and O–H groups in total. The van der Waals surface area contributed by atoms with Gasteiger partial charge in [-0.3, -0.25) is 4.79 Å². The normalized spacial score (nSPS) is 19.4. The Morgan fingerprint density at radius 1 is 1.38 bits per heavy atom. The predicted molar refractivity (Wildman–Crippen MR) is 65.1 cm³/mol. The molecule has 0 bridgehead atoms. The first-order valence-corrected chi connectivity index (χ1v) is 6.66. The third kappa shape index (κ3) is 4.97. The van der Waals surface area contributed by atoms with E-state index in [0.29, 0.717) is 6.42 Å². The minimum absolute atomic E-state index is 0.0473. The molecule has 0 saturated heterocycles. The van der Waals surface area contributed by atoms with Crippen LogP contribution < -0.4 is 5.32 Å². The minimum Gasteiger partial charge on any atom is -0.394 e. The Morgan fingerprint density at radius 3 is 2.62 bits per heavy atom. The number of hydrogen-bond acceptors (Lipinski definition) is 2. The van der Waals surface area contributed by atoms with Crippen molar-refractivity contribution in [2.75, 3.05) is 6.61 Å². The third-order valence-corrected chi connectivity index (χ3v) is 3.58. The van der Waals surface area contributed by atoms with Crippen LogP contribution in [0.2, 0.25) is 0 Å². The van der Waals surface area contributed by atoms with Crippen LogP contribution in [0.15, 0.2) is 0 Å². The topological polar surface area (TPSA) is 49.3 Å². The Balaban J connectivity index is 2.13. The zero-order valence-electron chi connectivity index (χ0n) is 10.4. The van der Waals surface area contributed by atoms with Crippen molar-refractivity contribution in [3.63, 3.8) is 0 Å². The predicted octanol–water partition coefficient (Wildman–Crippen LogP) is 2.23. The number of aliphatic hydroxyl groups excluding tert-OH is 1. The molecule has 1 amide bonds. The summed E-state index contributed by atoms with van der Waals surface area (Å²) in [5, 5.41) is 11.8. The summed E-state index contributed by atoms with van der Waals surface area (Å²) in [6.45, 7) is 2.02. The summed E-state index contributed by atoms with van der Waals surface area (Å²) in [4.78, 5) is 11.6. The second-order valence-corrected chi connectivity index (χ2v) is 4.90. The molecule has 1 atom stereocenters. The molecule has 0 spiro atoms. The van der Waals surface area contributed by atoms with Crippen LogP contribution in [0.3, 0.4) is 0 Å². The number of carbonyl (C=O) groups is 1. The van der Waals surface area contributed by atoms with Gasteiger partial charge in [0.05, 0.1) is 12.6 Å². The highest BCUT2D eigenvalue weighted by Crippen LogP contribution is 2.27. The molecule has 0 radical (unpaired) electrons. The van der Waals surface area contributed by atoms with Crippen molar-refractivity contribution in [2.24, 2.45) is 5.92 Å². The molecule has 3 nitrogen and oxygen atoms in total. The van der Waals surface area contributed by atoms with Crippen LogP contribution in [0.1, 0.15) is 58.3 Å². The smallest absolute Gasteiger partial charge is 0.220 e. The van der Waals surface area contributed by atoms with Gasteiger partial charge in [-0.05, 0) is 18.8 Å². The molecule has 0 aromatic heterocycles. The standard InChI is InChI=1S/C13H25NO2/c1-2-12(10-15)14-13(16)9-8-11-6-4-3-5-7-11/h11-12,15H,2-10H2,1H3,(H,14,16)/t12-/m0/s1. The average molecular weight is 227 g/mol. The van der Waals surface area contributed by atoms with Crippen LogP contribution in [0.5, 0.6) is 0 Å². The molecule has 0 aromatic rings. The lowest BCUT2D eigenvalue weighted by Gasteiger charge is -2.21. The van der Waals surface area contributed by atoms with Gasteiger partial charge in [-0.1, -0.05) is 39.0 Å². The van der Waals surface area contributed by atoms with E-state index < -0.39 is 0 Å². The fourth-order valence-electron chi connectivity index (χ4n) is 2.39. The van der Waals surface area contributed by atoms with E-state index in [1.54, 1.807) is 0 Å². The summed E-state index contributed by atoms with van der Waals surface area (Å²) in [5.41, 5.74) is 0. The lowest BCUT2D eigenvalue weighted by atomic mass is 9.86. The molecule has 1 fully saturated rings. The summed E-state index contributed by atoms with van der Waals surface area (Å²) < 4.78 is 0. The van der Waals surface area contributed by atoms with Crippen molar-refractivity contribution in [1.29, 1.82) is 0 Å². The molecule has 94 valence electrons. The maximum atomic E-state index is 11.6. The zero-order valence-corrected chi connectivity index (χ0v) is 10.4. The number of rotatable bonds is 6.